The third kappa shape index (κ3) is 0.934. The maximum Gasteiger partial charge on any atom is 0.197 e. The van der Waals surface area contributed by atoms with E-state index in [4.69, 9.17) is 14.2 Å². The van der Waals surface area contributed by atoms with Gasteiger partial charge in [0, 0.05) is 6.42 Å². The molecule has 3 nitrogen and oxygen atoms in total. The second-order valence-electron chi connectivity index (χ2n) is 3.85. The van der Waals surface area contributed by atoms with Crippen LogP contribution in [0.4, 0.5) is 0 Å². The fourth-order valence-corrected chi connectivity index (χ4v) is 2.31. The smallest absolute Gasteiger partial charge is 0.197 e. The van der Waals surface area contributed by atoms with Crippen LogP contribution in [0, 0.1) is 0 Å². The molecule has 3 heteroatoms. The summed E-state index contributed by atoms with van der Waals surface area (Å²) in [7, 11) is 0. The first kappa shape index (κ1) is 7.30. The first-order valence-corrected chi connectivity index (χ1v) is 4.84. The topological polar surface area (TPSA) is 31.0 Å². The summed E-state index contributed by atoms with van der Waals surface area (Å²) < 4.78 is 16.9. The highest BCUT2D eigenvalue weighted by molar-refractivity contribution is 5.01. The molecule has 0 aromatic carbocycles. The van der Waals surface area contributed by atoms with Gasteiger partial charge in [-0.25, -0.2) is 0 Å². The SMILES string of the molecule is C1CC[C@]2(OC1)OCC[C@H]1O[C@H]12. The molecule has 0 aromatic heterocycles. The first-order valence-electron chi connectivity index (χ1n) is 4.84. The quantitative estimate of drug-likeness (QED) is 0.509. The minimum Gasteiger partial charge on any atom is -0.364 e. The van der Waals surface area contributed by atoms with Gasteiger partial charge in [0.15, 0.2) is 5.79 Å². The van der Waals surface area contributed by atoms with Gasteiger partial charge < -0.3 is 14.2 Å². The maximum absolute atomic E-state index is 5.71. The van der Waals surface area contributed by atoms with Crippen molar-refractivity contribution >= 4 is 0 Å². The van der Waals surface area contributed by atoms with Gasteiger partial charge in [0.1, 0.15) is 6.10 Å². The monoisotopic (exact) mass is 170 g/mol. The lowest BCUT2D eigenvalue weighted by molar-refractivity contribution is -0.270. The summed E-state index contributed by atoms with van der Waals surface area (Å²) in [4.78, 5) is 0. The Morgan fingerprint density at radius 2 is 2.00 bits per heavy atom. The molecule has 3 heterocycles. The van der Waals surface area contributed by atoms with Gasteiger partial charge in [-0.3, -0.25) is 0 Å². The zero-order valence-electron chi connectivity index (χ0n) is 7.12. The third-order valence-electron chi connectivity index (χ3n) is 3.03. The van der Waals surface area contributed by atoms with Crippen molar-refractivity contribution in [3.05, 3.63) is 0 Å². The van der Waals surface area contributed by atoms with E-state index in [2.05, 4.69) is 0 Å². The molecular formula is C9H14O3. The molecule has 3 fully saturated rings. The molecule has 0 unspecified atom stereocenters. The zero-order chi connectivity index (χ0) is 8.02. The Hall–Kier alpha value is -0.120. The zero-order valence-corrected chi connectivity index (χ0v) is 7.12. The van der Waals surface area contributed by atoms with Crippen molar-refractivity contribution in [2.45, 2.75) is 43.7 Å². The lowest BCUT2D eigenvalue weighted by Gasteiger charge is -2.37. The molecule has 3 rings (SSSR count). The Balaban J connectivity index is 1.78. The van der Waals surface area contributed by atoms with Crippen molar-refractivity contribution in [2.75, 3.05) is 13.2 Å². The first-order chi connectivity index (χ1) is 5.91. The standard InChI is InChI=1S/C9H14O3/c1-2-5-10-9(4-1)8-7(12-8)3-6-11-9/h7-8H,1-6H2/t7-,8-,9+/m1/s1. The average molecular weight is 170 g/mol. The van der Waals surface area contributed by atoms with Gasteiger partial charge in [0.25, 0.3) is 0 Å². The maximum atomic E-state index is 5.71. The van der Waals surface area contributed by atoms with E-state index in [9.17, 15) is 0 Å². The van der Waals surface area contributed by atoms with Crippen molar-refractivity contribution < 1.29 is 14.2 Å². The largest absolute Gasteiger partial charge is 0.364 e. The van der Waals surface area contributed by atoms with Gasteiger partial charge in [-0.1, -0.05) is 0 Å². The highest BCUT2D eigenvalue weighted by atomic mass is 16.7. The van der Waals surface area contributed by atoms with Crippen molar-refractivity contribution in [3.8, 4) is 0 Å². The van der Waals surface area contributed by atoms with E-state index in [1.807, 2.05) is 0 Å². The van der Waals surface area contributed by atoms with Crippen LogP contribution >= 0.6 is 0 Å². The summed E-state index contributed by atoms with van der Waals surface area (Å²) in [6, 6.07) is 0. The predicted octanol–water partition coefficient (Wildman–Crippen LogP) is 1.07. The van der Waals surface area contributed by atoms with Crippen LogP contribution in [0.2, 0.25) is 0 Å². The van der Waals surface area contributed by atoms with Crippen molar-refractivity contribution in [2.24, 2.45) is 0 Å². The van der Waals surface area contributed by atoms with Gasteiger partial charge in [-0.15, -0.1) is 0 Å². The summed E-state index contributed by atoms with van der Waals surface area (Å²) in [6.45, 7) is 1.65. The Morgan fingerprint density at radius 1 is 1.08 bits per heavy atom. The molecule has 3 aliphatic heterocycles. The van der Waals surface area contributed by atoms with Crippen LogP contribution < -0.4 is 0 Å². The van der Waals surface area contributed by atoms with E-state index in [0.717, 1.165) is 26.1 Å². The highest BCUT2D eigenvalue weighted by Gasteiger charge is 2.59. The number of fused-ring (bicyclic) bond motifs is 2. The van der Waals surface area contributed by atoms with Crippen molar-refractivity contribution in [3.63, 3.8) is 0 Å². The van der Waals surface area contributed by atoms with Gasteiger partial charge in [-0.2, -0.15) is 0 Å². The molecule has 0 N–H and O–H groups in total. The van der Waals surface area contributed by atoms with Crippen LogP contribution in [0.15, 0.2) is 0 Å². The van der Waals surface area contributed by atoms with E-state index in [1.54, 1.807) is 0 Å². The molecule has 3 atom stereocenters. The predicted molar refractivity (Wildman–Crippen MR) is 41.8 cm³/mol. The second kappa shape index (κ2) is 2.44. The van der Waals surface area contributed by atoms with Gasteiger partial charge >= 0.3 is 0 Å². The van der Waals surface area contributed by atoms with Crippen LogP contribution in [0.3, 0.4) is 0 Å². The lowest BCUT2D eigenvalue weighted by Crippen LogP contribution is -2.47. The van der Waals surface area contributed by atoms with E-state index >= 15 is 0 Å². The normalized spacial score (nSPS) is 52.0. The summed E-state index contributed by atoms with van der Waals surface area (Å²) in [5, 5.41) is 0. The molecule has 12 heavy (non-hydrogen) atoms. The van der Waals surface area contributed by atoms with E-state index in [0.29, 0.717) is 6.10 Å². The van der Waals surface area contributed by atoms with Crippen LogP contribution in [0.5, 0.6) is 0 Å². The highest BCUT2D eigenvalue weighted by Crippen LogP contribution is 2.46. The van der Waals surface area contributed by atoms with Crippen LogP contribution in [0.25, 0.3) is 0 Å². The molecule has 3 saturated heterocycles. The average Bonchev–Trinajstić information content (AvgIpc) is 2.87. The molecule has 0 bridgehead atoms. The number of hydrogen-bond donors (Lipinski definition) is 0. The minimum absolute atomic E-state index is 0.256. The number of hydrogen-bond acceptors (Lipinski definition) is 3. The summed E-state index contributed by atoms with van der Waals surface area (Å²) in [5.41, 5.74) is 0. The van der Waals surface area contributed by atoms with Crippen LogP contribution in [-0.4, -0.2) is 31.2 Å². The van der Waals surface area contributed by atoms with Gasteiger partial charge in [0.05, 0.1) is 19.3 Å². The summed E-state index contributed by atoms with van der Waals surface area (Å²) in [5.74, 6) is -0.332. The van der Waals surface area contributed by atoms with Crippen LogP contribution in [0.1, 0.15) is 25.7 Å². The van der Waals surface area contributed by atoms with E-state index in [-0.39, 0.29) is 11.9 Å². The Labute approximate surface area is 72.0 Å². The lowest BCUT2D eigenvalue weighted by atomic mass is 9.97. The molecule has 0 radical (unpaired) electrons. The fourth-order valence-electron chi connectivity index (χ4n) is 2.31. The molecule has 0 aliphatic carbocycles. The van der Waals surface area contributed by atoms with Crippen LogP contribution in [-0.2, 0) is 14.2 Å². The number of ether oxygens (including phenoxy) is 3. The Morgan fingerprint density at radius 3 is 2.83 bits per heavy atom. The fraction of sp³-hybridized carbons (Fsp3) is 1.00. The van der Waals surface area contributed by atoms with Crippen molar-refractivity contribution in [1.29, 1.82) is 0 Å². The number of rotatable bonds is 0. The molecular weight excluding hydrogens is 156 g/mol. The molecule has 3 aliphatic rings. The summed E-state index contributed by atoms with van der Waals surface area (Å²) in [6.07, 6.45) is 5.15. The second-order valence-corrected chi connectivity index (χ2v) is 3.85. The van der Waals surface area contributed by atoms with Gasteiger partial charge in [-0.05, 0) is 19.3 Å². The molecule has 1 spiro atoms. The molecule has 68 valence electrons. The van der Waals surface area contributed by atoms with E-state index < -0.39 is 0 Å². The third-order valence-corrected chi connectivity index (χ3v) is 3.03. The summed E-state index contributed by atoms with van der Waals surface area (Å²) >= 11 is 0. The number of epoxide rings is 1. The minimum atomic E-state index is -0.332. The van der Waals surface area contributed by atoms with E-state index in [1.165, 1.54) is 12.8 Å². The van der Waals surface area contributed by atoms with Gasteiger partial charge in [0.2, 0.25) is 0 Å². The molecule has 0 saturated carbocycles. The molecule has 0 aromatic rings. The molecule has 0 amide bonds. The Kier molecular flexibility index (Phi) is 1.48. The Bertz CT molecular complexity index is 181. The van der Waals surface area contributed by atoms with Crippen molar-refractivity contribution in [1.82, 2.24) is 0 Å².